The molecule has 0 saturated carbocycles. The first kappa shape index (κ1) is 20.0. The number of methoxy groups -OCH3 is 2. The minimum atomic E-state index is 0.654. The Hall–Kier alpha value is -2.27. The van der Waals surface area contributed by atoms with Gasteiger partial charge in [-0.3, -0.25) is 0 Å². The van der Waals surface area contributed by atoms with Gasteiger partial charge >= 0.3 is 0 Å². The molecule has 2 rings (SSSR count). The lowest BCUT2D eigenvalue weighted by Gasteiger charge is -2.17. The van der Waals surface area contributed by atoms with Gasteiger partial charge in [-0.2, -0.15) is 0 Å². The molecule has 0 bridgehead atoms. The number of para-hydroxylation sites is 1. The molecule has 0 radical (unpaired) electrons. The summed E-state index contributed by atoms with van der Waals surface area (Å²) >= 11 is 5.49. The maximum atomic E-state index is 5.49. The van der Waals surface area contributed by atoms with Crippen molar-refractivity contribution in [3.8, 4) is 11.5 Å². The molecular formula is C21H28N2O2S. The number of benzene rings is 2. The molecule has 0 saturated heterocycles. The molecule has 140 valence electrons. The van der Waals surface area contributed by atoms with Crippen LogP contribution in [0.2, 0.25) is 0 Å². The summed E-state index contributed by atoms with van der Waals surface area (Å²) in [6.45, 7) is 5.07. The van der Waals surface area contributed by atoms with E-state index in [2.05, 4.69) is 42.7 Å². The Morgan fingerprint density at radius 2 is 1.62 bits per heavy atom. The molecule has 0 spiro atoms. The van der Waals surface area contributed by atoms with Gasteiger partial charge in [0.05, 0.1) is 14.2 Å². The monoisotopic (exact) mass is 372 g/mol. The van der Waals surface area contributed by atoms with Crippen LogP contribution < -0.4 is 20.1 Å². The van der Waals surface area contributed by atoms with E-state index in [0.29, 0.717) is 5.11 Å². The highest BCUT2D eigenvalue weighted by Crippen LogP contribution is 2.27. The number of nitrogens with one attached hydrogen (secondary N) is 2. The van der Waals surface area contributed by atoms with Gasteiger partial charge in [0, 0.05) is 12.2 Å². The van der Waals surface area contributed by atoms with Crippen molar-refractivity contribution in [1.82, 2.24) is 5.32 Å². The third kappa shape index (κ3) is 5.11. The van der Waals surface area contributed by atoms with Gasteiger partial charge in [-0.1, -0.05) is 38.1 Å². The average Bonchev–Trinajstić information content (AvgIpc) is 2.67. The van der Waals surface area contributed by atoms with Gasteiger partial charge in [0.2, 0.25) is 0 Å². The summed E-state index contributed by atoms with van der Waals surface area (Å²) in [6, 6.07) is 12.4. The lowest BCUT2D eigenvalue weighted by molar-refractivity contribution is 0.354. The largest absolute Gasteiger partial charge is 0.493 e. The molecule has 2 aromatic rings. The van der Waals surface area contributed by atoms with Gasteiger partial charge in [-0.25, -0.2) is 0 Å². The molecule has 2 aromatic carbocycles. The highest BCUT2D eigenvalue weighted by Gasteiger charge is 2.08. The maximum absolute atomic E-state index is 5.49. The van der Waals surface area contributed by atoms with Crippen molar-refractivity contribution < 1.29 is 9.47 Å². The predicted octanol–water partition coefficient (Wildman–Crippen LogP) is 4.36. The average molecular weight is 373 g/mol. The molecule has 0 aliphatic carbocycles. The summed E-state index contributed by atoms with van der Waals surface area (Å²) < 4.78 is 10.6. The molecule has 0 aliphatic rings. The fraction of sp³-hybridized carbons (Fsp3) is 0.381. The number of ether oxygens (including phenoxy) is 2. The number of hydrogen-bond donors (Lipinski definition) is 2. The molecule has 0 aromatic heterocycles. The molecule has 0 fully saturated rings. The van der Waals surface area contributed by atoms with Crippen LogP contribution in [-0.2, 0) is 19.3 Å². The molecule has 4 nitrogen and oxygen atoms in total. The summed E-state index contributed by atoms with van der Waals surface area (Å²) in [5, 5.41) is 7.33. The van der Waals surface area contributed by atoms with Crippen LogP contribution in [0.1, 0.15) is 30.5 Å². The fourth-order valence-electron chi connectivity index (χ4n) is 2.92. The molecule has 5 heteroatoms. The van der Waals surface area contributed by atoms with Crippen LogP contribution in [0.15, 0.2) is 36.4 Å². The quantitative estimate of drug-likeness (QED) is 0.674. The Morgan fingerprint density at radius 1 is 0.962 bits per heavy atom. The van der Waals surface area contributed by atoms with Crippen molar-refractivity contribution in [3.63, 3.8) is 0 Å². The number of thiocarbonyl (C=S) groups is 1. The lowest BCUT2D eigenvalue weighted by atomic mass is 10.0. The van der Waals surface area contributed by atoms with E-state index in [-0.39, 0.29) is 0 Å². The Bertz CT molecular complexity index is 725. The highest BCUT2D eigenvalue weighted by molar-refractivity contribution is 7.80. The van der Waals surface area contributed by atoms with E-state index in [0.717, 1.165) is 43.0 Å². The van der Waals surface area contributed by atoms with Crippen molar-refractivity contribution in [3.05, 3.63) is 53.1 Å². The SMILES string of the molecule is CCc1cccc(CC)c1NC(=S)NCCc1ccc(OC)c(OC)c1. The minimum Gasteiger partial charge on any atom is -0.493 e. The summed E-state index contributed by atoms with van der Waals surface area (Å²) in [6.07, 6.45) is 2.80. The third-order valence-corrected chi connectivity index (χ3v) is 4.63. The van der Waals surface area contributed by atoms with Gasteiger partial charge in [0.25, 0.3) is 0 Å². The van der Waals surface area contributed by atoms with E-state index in [9.17, 15) is 0 Å². The third-order valence-electron chi connectivity index (χ3n) is 4.38. The smallest absolute Gasteiger partial charge is 0.170 e. The van der Waals surface area contributed by atoms with Crippen LogP contribution in [0.4, 0.5) is 5.69 Å². The standard InChI is InChI=1S/C21H28N2O2S/c1-5-16-8-7-9-17(6-2)20(16)23-21(26)22-13-12-15-10-11-18(24-3)19(14-15)25-4/h7-11,14H,5-6,12-13H2,1-4H3,(H2,22,23,26). The van der Waals surface area contributed by atoms with Crippen molar-refractivity contribution in [2.24, 2.45) is 0 Å². The zero-order valence-electron chi connectivity index (χ0n) is 16.0. The predicted molar refractivity (Wildman–Crippen MR) is 113 cm³/mol. The molecule has 26 heavy (non-hydrogen) atoms. The lowest BCUT2D eigenvalue weighted by Crippen LogP contribution is -2.31. The first-order valence-electron chi connectivity index (χ1n) is 8.99. The second-order valence-electron chi connectivity index (χ2n) is 5.98. The van der Waals surface area contributed by atoms with Crippen LogP contribution in [0, 0.1) is 0 Å². The van der Waals surface area contributed by atoms with Gasteiger partial charge < -0.3 is 20.1 Å². The van der Waals surface area contributed by atoms with Gasteiger partial charge in [-0.05, 0) is 60.3 Å². The Kier molecular flexibility index (Phi) is 7.73. The molecule has 2 N–H and O–H groups in total. The minimum absolute atomic E-state index is 0.654. The van der Waals surface area contributed by atoms with Crippen LogP contribution in [0.5, 0.6) is 11.5 Å². The van der Waals surface area contributed by atoms with E-state index < -0.39 is 0 Å². The first-order chi connectivity index (χ1) is 12.6. The Labute approximate surface area is 161 Å². The zero-order valence-corrected chi connectivity index (χ0v) is 16.8. The van der Waals surface area contributed by atoms with Gasteiger partial charge in [-0.15, -0.1) is 0 Å². The highest BCUT2D eigenvalue weighted by atomic mass is 32.1. The topological polar surface area (TPSA) is 42.5 Å². The van der Waals surface area contributed by atoms with E-state index >= 15 is 0 Å². The molecule has 0 aliphatic heterocycles. The molecule has 0 atom stereocenters. The zero-order chi connectivity index (χ0) is 18.9. The first-order valence-corrected chi connectivity index (χ1v) is 9.40. The summed E-state index contributed by atoms with van der Waals surface area (Å²) in [4.78, 5) is 0. The van der Waals surface area contributed by atoms with Crippen molar-refractivity contribution in [1.29, 1.82) is 0 Å². The summed E-state index contributed by atoms with van der Waals surface area (Å²) in [5.41, 5.74) is 4.88. The normalized spacial score (nSPS) is 10.3. The van der Waals surface area contributed by atoms with E-state index in [1.807, 2.05) is 18.2 Å². The maximum Gasteiger partial charge on any atom is 0.170 e. The fourth-order valence-corrected chi connectivity index (χ4v) is 3.12. The van der Waals surface area contributed by atoms with Crippen LogP contribution in [-0.4, -0.2) is 25.9 Å². The van der Waals surface area contributed by atoms with Gasteiger partial charge in [0.1, 0.15) is 0 Å². The van der Waals surface area contributed by atoms with Crippen molar-refractivity contribution in [2.45, 2.75) is 33.1 Å². The van der Waals surface area contributed by atoms with E-state index in [1.165, 1.54) is 16.7 Å². The number of rotatable bonds is 8. The van der Waals surface area contributed by atoms with E-state index in [1.54, 1.807) is 14.2 Å². The molecule has 0 heterocycles. The molecule has 0 amide bonds. The van der Waals surface area contributed by atoms with E-state index in [4.69, 9.17) is 21.7 Å². The second kappa shape index (κ2) is 10.0. The van der Waals surface area contributed by atoms with Crippen LogP contribution in [0.3, 0.4) is 0 Å². The summed E-state index contributed by atoms with van der Waals surface area (Å²) in [5.74, 6) is 1.49. The van der Waals surface area contributed by atoms with Crippen LogP contribution >= 0.6 is 12.2 Å². The van der Waals surface area contributed by atoms with Gasteiger partial charge in [0.15, 0.2) is 16.6 Å². The number of hydrogen-bond acceptors (Lipinski definition) is 3. The van der Waals surface area contributed by atoms with Crippen molar-refractivity contribution in [2.75, 3.05) is 26.1 Å². The molecule has 0 unspecified atom stereocenters. The van der Waals surface area contributed by atoms with Crippen molar-refractivity contribution >= 4 is 23.0 Å². The second-order valence-corrected chi connectivity index (χ2v) is 6.39. The number of anilines is 1. The molecular weight excluding hydrogens is 344 g/mol. The number of aryl methyl sites for hydroxylation is 2. The summed E-state index contributed by atoms with van der Waals surface area (Å²) in [7, 11) is 3.29. The van der Waals surface area contributed by atoms with Crippen LogP contribution in [0.25, 0.3) is 0 Å². The Morgan fingerprint density at radius 3 is 2.19 bits per heavy atom. The Balaban J connectivity index is 1.94.